The molecule has 2 amide bonds. The van der Waals surface area contributed by atoms with Gasteiger partial charge < -0.3 is 0 Å². The van der Waals surface area contributed by atoms with Crippen molar-refractivity contribution in [1.29, 1.82) is 0 Å². The lowest BCUT2D eigenvalue weighted by atomic mass is 9.91. The van der Waals surface area contributed by atoms with Crippen molar-refractivity contribution in [2.75, 3.05) is 0 Å². The van der Waals surface area contributed by atoms with Gasteiger partial charge in [-0.05, 0) is 36.4 Å². The van der Waals surface area contributed by atoms with Gasteiger partial charge in [0.25, 0.3) is 17.4 Å². The molecular formula is C20H9N3O3. The zero-order valence-electron chi connectivity index (χ0n) is 13.2. The quantitative estimate of drug-likeness (QED) is 0.440. The van der Waals surface area contributed by atoms with Crippen molar-refractivity contribution in [3.05, 3.63) is 70.0 Å². The maximum absolute atomic E-state index is 13.2. The maximum Gasteiger partial charge on any atom is 0.264 e. The van der Waals surface area contributed by atoms with Crippen LogP contribution in [0, 0.1) is 0 Å². The Morgan fingerprint density at radius 2 is 1.46 bits per heavy atom. The molecule has 0 saturated heterocycles. The van der Waals surface area contributed by atoms with Gasteiger partial charge in [0.2, 0.25) is 0 Å². The van der Waals surface area contributed by atoms with Gasteiger partial charge in [-0.25, -0.2) is 4.98 Å². The molecule has 0 bridgehead atoms. The molecule has 1 N–H and O–H groups in total. The second-order valence-corrected chi connectivity index (χ2v) is 6.42. The number of pyridine rings is 1. The predicted molar refractivity (Wildman–Crippen MR) is 97.0 cm³/mol. The molecule has 6 heteroatoms. The molecule has 3 heterocycles. The van der Waals surface area contributed by atoms with Gasteiger partial charge in [-0.2, -0.15) is 0 Å². The molecule has 0 unspecified atom stereocenters. The molecule has 26 heavy (non-hydrogen) atoms. The molecule has 0 saturated carbocycles. The summed E-state index contributed by atoms with van der Waals surface area (Å²) in [7, 11) is 0. The molecule has 1 aliphatic heterocycles. The molecule has 2 aromatic heterocycles. The molecule has 0 atom stereocenters. The fraction of sp³-hybridized carbons (Fsp3) is 0. The Kier molecular flexibility index (Phi) is 2.20. The first-order valence-corrected chi connectivity index (χ1v) is 8.13. The monoisotopic (exact) mass is 339 g/mol. The van der Waals surface area contributed by atoms with Crippen LogP contribution in [0.1, 0.15) is 20.7 Å². The highest BCUT2D eigenvalue weighted by molar-refractivity contribution is 6.31. The summed E-state index contributed by atoms with van der Waals surface area (Å²) in [5.74, 6) is -0.893. The van der Waals surface area contributed by atoms with Crippen molar-refractivity contribution in [3.63, 3.8) is 0 Å². The summed E-state index contributed by atoms with van der Waals surface area (Å²) in [5.41, 5.74) is 2.59. The lowest BCUT2D eigenvalue weighted by Crippen LogP contribution is -2.34. The Hall–Kier alpha value is -3.80. The summed E-state index contributed by atoms with van der Waals surface area (Å²) < 4.78 is 1.60. The van der Waals surface area contributed by atoms with E-state index in [0.717, 1.165) is 16.4 Å². The first-order valence-electron chi connectivity index (χ1n) is 8.13. The number of nitrogens with one attached hydrogen (secondary N) is 1. The van der Waals surface area contributed by atoms with Crippen LogP contribution in [0.4, 0.5) is 0 Å². The van der Waals surface area contributed by atoms with E-state index < -0.39 is 11.8 Å². The van der Waals surface area contributed by atoms with E-state index in [-0.39, 0.29) is 5.56 Å². The number of imide groups is 1. The number of aromatic nitrogens is 2. The third-order valence-electron chi connectivity index (χ3n) is 5.11. The van der Waals surface area contributed by atoms with Crippen LogP contribution in [0.15, 0.2) is 53.3 Å². The molecule has 6 rings (SSSR count). The van der Waals surface area contributed by atoms with Crippen molar-refractivity contribution in [3.8, 4) is 0 Å². The van der Waals surface area contributed by atoms with E-state index in [1.54, 1.807) is 28.7 Å². The summed E-state index contributed by atoms with van der Waals surface area (Å²) in [4.78, 5) is 42.3. The predicted octanol–water partition coefficient (Wildman–Crippen LogP) is 2.48. The highest BCUT2D eigenvalue weighted by Gasteiger charge is 2.28. The molecule has 5 aromatic rings. The first-order chi connectivity index (χ1) is 12.6. The van der Waals surface area contributed by atoms with Crippen LogP contribution in [0.2, 0.25) is 0 Å². The lowest BCUT2D eigenvalue weighted by molar-refractivity contribution is 0.0845. The number of fused-ring (bicyclic) bond motifs is 4. The average molecular weight is 339 g/mol. The average Bonchev–Trinajstić information content (AvgIpc) is 3.04. The molecule has 0 fully saturated rings. The van der Waals surface area contributed by atoms with E-state index in [2.05, 4.69) is 10.3 Å². The zero-order chi connectivity index (χ0) is 17.6. The zero-order valence-corrected chi connectivity index (χ0v) is 13.2. The van der Waals surface area contributed by atoms with Gasteiger partial charge in [-0.15, -0.1) is 0 Å². The van der Waals surface area contributed by atoms with Gasteiger partial charge in [0.1, 0.15) is 5.65 Å². The number of hydrogen-bond acceptors (Lipinski definition) is 4. The van der Waals surface area contributed by atoms with Crippen molar-refractivity contribution in [1.82, 2.24) is 14.7 Å². The summed E-state index contributed by atoms with van der Waals surface area (Å²) in [6.07, 6.45) is 0. The topological polar surface area (TPSA) is 80.5 Å². The Morgan fingerprint density at radius 3 is 2.23 bits per heavy atom. The van der Waals surface area contributed by atoms with Crippen molar-refractivity contribution < 1.29 is 9.59 Å². The smallest absolute Gasteiger partial charge is 0.264 e. The van der Waals surface area contributed by atoms with Crippen LogP contribution in [0.3, 0.4) is 0 Å². The number of carbonyl (C=O) groups excluding carboxylic acids is 2. The van der Waals surface area contributed by atoms with Crippen molar-refractivity contribution in [2.45, 2.75) is 0 Å². The maximum atomic E-state index is 13.2. The molecule has 0 spiro atoms. The standard InChI is InChI=1S/C20H9N3O3/c24-18-10-6-5-9-15-12(8-7-11(16(10)15)19(25)22-18)20(26)23-14-4-2-1-3-13(14)21-17(9)23/h1-8H,(H,22,24,25). The van der Waals surface area contributed by atoms with E-state index in [1.165, 1.54) is 0 Å². The van der Waals surface area contributed by atoms with Gasteiger partial charge in [-0.3, -0.25) is 24.1 Å². The van der Waals surface area contributed by atoms with Crippen LogP contribution >= 0.6 is 0 Å². The molecule has 1 aliphatic rings. The van der Waals surface area contributed by atoms with E-state index in [0.29, 0.717) is 32.9 Å². The van der Waals surface area contributed by atoms with Gasteiger partial charge >= 0.3 is 0 Å². The Bertz CT molecular complexity index is 1490. The van der Waals surface area contributed by atoms with Gasteiger partial charge in [0, 0.05) is 32.7 Å². The van der Waals surface area contributed by atoms with Crippen LogP contribution in [0.25, 0.3) is 38.2 Å². The van der Waals surface area contributed by atoms with Crippen molar-refractivity contribution >= 4 is 50.0 Å². The number of carbonyl (C=O) groups is 2. The summed E-state index contributed by atoms with van der Waals surface area (Å²) in [6.45, 7) is 0. The van der Waals surface area contributed by atoms with Crippen molar-refractivity contribution in [2.24, 2.45) is 0 Å². The first kappa shape index (κ1) is 13.5. The molecule has 6 nitrogen and oxygen atoms in total. The summed E-state index contributed by atoms with van der Waals surface area (Å²) in [5, 5.41) is 4.71. The molecule has 122 valence electrons. The largest absolute Gasteiger partial charge is 0.288 e. The van der Waals surface area contributed by atoms with Crippen LogP contribution in [-0.2, 0) is 0 Å². The van der Waals surface area contributed by atoms with Gasteiger partial charge in [0.05, 0.1) is 11.0 Å². The third kappa shape index (κ3) is 1.39. The van der Waals surface area contributed by atoms with Gasteiger partial charge in [0.15, 0.2) is 0 Å². The number of nitrogens with zero attached hydrogens (tertiary/aromatic N) is 2. The minimum absolute atomic E-state index is 0.205. The second kappa shape index (κ2) is 4.23. The molecule has 3 aromatic carbocycles. The van der Waals surface area contributed by atoms with E-state index in [9.17, 15) is 14.4 Å². The fourth-order valence-electron chi connectivity index (χ4n) is 4.01. The number of hydrogen-bond donors (Lipinski definition) is 1. The molecule has 0 aliphatic carbocycles. The number of benzene rings is 3. The van der Waals surface area contributed by atoms with E-state index in [4.69, 9.17) is 0 Å². The van der Waals surface area contributed by atoms with Gasteiger partial charge in [-0.1, -0.05) is 12.1 Å². The highest BCUT2D eigenvalue weighted by atomic mass is 16.2. The fourth-order valence-corrected chi connectivity index (χ4v) is 4.01. The lowest BCUT2D eigenvalue weighted by Gasteiger charge is -2.18. The Labute approximate surface area is 145 Å². The Morgan fingerprint density at radius 1 is 0.769 bits per heavy atom. The molecule has 0 radical (unpaired) electrons. The van der Waals surface area contributed by atoms with Crippen LogP contribution < -0.4 is 10.9 Å². The number of para-hydroxylation sites is 2. The molecular weight excluding hydrogens is 330 g/mol. The normalized spacial score (nSPS) is 14.0. The third-order valence-corrected chi connectivity index (χ3v) is 5.11. The van der Waals surface area contributed by atoms with E-state index in [1.807, 2.05) is 24.3 Å². The highest BCUT2D eigenvalue weighted by Crippen LogP contribution is 2.35. The summed E-state index contributed by atoms with van der Waals surface area (Å²) >= 11 is 0. The van der Waals surface area contributed by atoms with Crippen LogP contribution in [0.5, 0.6) is 0 Å². The number of amides is 2. The Balaban J connectivity index is 2.00. The number of imidazole rings is 1. The van der Waals surface area contributed by atoms with E-state index >= 15 is 0 Å². The SMILES string of the molecule is O=C1NC(=O)c2ccc3c4c2c1ccc4c(=O)n1c2ccccc2nc31. The summed E-state index contributed by atoms with van der Waals surface area (Å²) in [6, 6.07) is 14.2. The second-order valence-electron chi connectivity index (χ2n) is 6.42. The number of rotatable bonds is 0. The minimum atomic E-state index is -0.447. The van der Waals surface area contributed by atoms with Crippen LogP contribution in [-0.4, -0.2) is 21.2 Å². The minimum Gasteiger partial charge on any atom is -0.288 e.